The second kappa shape index (κ2) is 7.33. The molecule has 1 atom stereocenters. The number of benzene rings is 1. The molecule has 128 valence electrons. The Balaban J connectivity index is 1.64. The van der Waals surface area contributed by atoms with E-state index in [0.717, 1.165) is 42.4 Å². The molecule has 2 heterocycles. The first-order valence-corrected chi connectivity index (χ1v) is 7.97. The van der Waals surface area contributed by atoms with Crippen molar-refractivity contribution in [2.45, 2.75) is 32.4 Å². The van der Waals surface area contributed by atoms with Gasteiger partial charge in [0.25, 0.3) is 0 Å². The summed E-state index contributed by atoms with van der Waals surface area (Å²) in [6, 6.07) is 7.40. The number of rotatable bonds is 5. The quantitative estimate of drug-likeness (QED) is 0.780. The fourth-order valence-corrected chi connectivity index (χ4v) is 2.88. The molecule has 0 radical (unpaired) electrons. The van der Waals surface area contributed by atoms with E-state index in [9.17, 15) is 4.79 Å². The van der Waals surface area contributed by atoms with Crippen LogP contribution in [0.15, 0.2) is 24.3 Å². The number of ether oxygens (including phenoxy) is 3. The van der Waals surface area contributed by atoms with Crippen molar-refractivity contribution in [2.75, 3.05) is 14.2 Å². The molecule has 0 spiro atoms. The lowest BCUT2D eigenvalue weighted by molar-refractivity contribution is -0.145. The van der Waals surface area contributed by atoms with Gasteiger partial charge in [0.2, 0.25) is 0 Å². The van der Waals surface area contributed by atoms with Gasteiger partial charge in [-0.2, -0.15) is 0 Å². The van der Waals surface area contributed by atoms with E-state index >= 15 is 0 Å². The molecule has 7 nitrogen and oxygen atoms in total. The molecule has 1 aliphatic rings. The molecule has 0 aliphatic carbocycles. The number of nitrogens with zero attached hydrogens (tertiary/aromatic N) is 3. The number of hydrogen-bond acceptors (Lipinski definition) is 6. The van der Waals surface area contributed by atoms with Crippen LogP contribution < -0.4 is 9.47 Å². The minimum atomic E-state index is -0.148. The van der Waals surface area contributed by atoms with Crippen molar-refractivity contribution in [2.24, 2.45) is 5.92 Å². The third-order valence-corrected chi connectivity index (χ3v) is 4.28. The summed E-state index contributed by atoms with van der Waals surface area (Å²) in [6.45, 7) is 1.03. The zero-order valence-corrected chi connectivity index (χ0v) is 13.9. The molecule has 0 saturated carbocycles. The Hall–Kier alpha value is -2.57. The zero-order chi connectivity index (χ0) is 16.9. The van der Waals surface area contributed by atoms with E-state index in [0.29, 0.717) is 13.2 Å². The fraction of sp³-hybridized carbons (Fsp3) is 0.471. The van der Waals surface area contributed by atoms with Crippen molar-refractivity contribution < 1.29 is 19.0 Å². The van der Waals surface area contributed by atoms with E-state index in [2.05, 4.69) is 10.2 Å². The molecule has 0 saturated heterocycles. The minimum Gasteiger partial charge on any atom is -0.497 e. The van der Waals surface area contributed by atoms with Gasteiger partial charge < -0.3 is 18.8 Å². The monoisotopic (exact) mass is 331 g/mol. The summed E-state index contributed by atoms with van der Waals surface area (Å²) >= 11 is 0. The van der Waals surface area contributed by atoms with Gasteiger partial charge in [-0.05, 0) is 37.1 Å². The third-order valence-electron chi connectivity index (χ3n) is 4.28. The maximum absolute atomic E-state index is 11.7. The van der Waals surface area contributed by atoms with Crippen LogP contribution in [0.5, 0.6) is 11.5 Å². The molecule has 0 fully saturated rings. The summed E-state index contributed by atoms with van der Waals surface area (Å²) in [7, 11) is 3.06. The molecule has 1 aliphatic heterocycles. The second-order valence-electron chi connectivity index (χ2n) is 5.70. The topological polar surface area (TPSA) is 75.5 Å². The Kier molecular flexibility index (Phi) is 4.98. The van der Waals surface area contributed by atoms with Crippen molar-refractivity contribution >= 4 is 5.97 Å². The van der Waals surface area contributed by atoms with Crippen molar-refractivity contribution in [3.63, 3.8) is 0 Å². The Labute approximate surface area is 140 Å². The second-order valence-corrected chi connectivity index (χ2v) is 5.70. The predicted molar refractivity (Wildman–Crippen MR) is 85.8 cm³/mol. The first-order valence-electron chi connectivity index (χ1n) is 7.97. The fourth-order valence-electron chi connectivity index (χ4n) is 2.88. The lowest BCUT2D eigenvalue weighted by Crippen LogP contribution is -2.17. The summed E-state index contributed by atoms with van der Waals surface area (Å²) in [6.07, 6.45) is 2.19. The molecule has 1 unspecified atom stereocenters. The highest BCUT2D eigenvalue weighted by Crippen LogP contribution is 2.22. The van der Waals surface area contributed by atoms with Gasteiger partial charge in [-0.25, -0.2) is 0 Å². The number of fused-ring (bicyclic) bond motifs is 1. The van der Waals surface area contributed by atoms with Crippen LogP contribution in [0.3, 0.4) is 0 Å². The number of hydrogen-bond donors (Lipinski definition) is 0. The van der Waals surface area contributed by atoms with E-state index in [-0.39, 0.29) is 11.9 Å². The maximum Gasteiger partial charge on any atom is 0.308 e. The summed E-state index contributed by atoms with van der Waals surface area (Å²) < 4.78 is 17.8. The molecule has 2 aromatic rings. The van der Waals surface area contributed by atoms with Crippen LogP contribution in [0.25, 0.3) is 0 Å². The molecule has 1 aromatic carbocycles. The van der Waals surface area contributed by atoms with Gasteiger partial charge in [0.05, 0.1) is 20.1 Å². The van der Waals surface area contributed by atoms with Gasteiger partial charge in [0.15, 0.2) is 5.82 Å². The van der Waals surface area contributed by atoms with E-state index < -0.39 is 0 Å². The van der Waals surface area contributed by atoms with Crippen molar-refractivity contribution in [3.05, 3.63) is 35.9 Å². The number of aryl methyl sites for hydroxylation is 1. The molecule has 0 amide bonds. The van der Waals surface area contributed by atoms with Crippen LogP contribution in [-0.2, 0) is 29.1 Å². The lowest BCUT2D eigenvalue weighted by Gasteiger charge is -2.11. The van der Waals surface area contributed by atoms with Gasteiger partial charge in [-0.15, -0.1) is 10.2 Å². The predicted octanol–water partition coefficient (Wildman–Crippen LogP) is 1.99. The SMILES string of the molecule is COC(=O)C1CCc2nnc(COc3ccc(OC)cc3)n2CC1. The minimum absolute atomic E-state index is 0.0768. The molecular formula is C17H21N3O4. The number of esters is 1. The smallest absolute Gasteiger partial charge is 0.308 e. The molecular weight excluding hydrogens is 310 g/mol. The maximum atomic E-state index is 11.7. The van der Waals surface area contributed by atoms with Crippen LogP contribution in [0.1, 0.15) is 24.5 Å². The van der Waals surface area contributed by atoms with Crippen LogP contribution in [0.2, 0.25) is 0 Å². The molecule has 0 bridgehead atoms. The molecule has 7 heteroatoms. The Morgan fingerprint density at radius 2 is 1.92 bits per heavy atom. The van der Waals surface area contributed by atoms with E-state index in [1.54, 1.807) is 7.11 Å². The molecule has 1 aromatic heterocycles. The average Bonchev–Trinajstić information content (AvgIpc) is 2.89. The standard InChI is InChI=1S/C17H21N3O4/c1-22-13-4-6-14(7-5-13)24-11-16-19-18-15-8-3-12(17(21)23-2)9-10-20(15)16/h4-7,12H,3,8-11H2,1-2H3. The number of aromatic nitrogens is 3. The van der Waals surface area contributed by atoms with E-state index in [1.165, 1.54) is 7.11 Å². The van der Waals surface area contributed by atoms with Crippen LogP contribution in [0.4, 0.5) is 0 Å². The van der Waals surface area contributed by atoms with Crippen molar-refractivity contribution in [1.82, 2.24) is 14.8 Å². The Morgan fingerprint density at radius 1 is 1.17 bits per heavy atom. The first-order chi connectivity index (χ1) is 11.7. The molecule has 3 rings (SSSR count). The van der Waals surface area contributed by atoms with Gasteiger partial charge in [0.1, 0.15) is 23.9 Å². The highest BCUT2D eigenvalue weighted by molar-refractivity contribution is 5.72. The van der Waals surface area contributed by atoms with Crippen LogP contribution >= 0.6 is 0 Å². The van der Waals surface area contributed by atoms with Gasteiger partial charge >= 0.3 is 5.97 Å². The largest absolute Gasteiger partial charge is 0.497 e. The van der Waals surface area contributed by atoms with E-state index in [4.69, 9.17) is 14.2 Å². The normalized spacial score (nSPS) is 16.8. The Bertz CT molecular complexity index is 696. The Morgan fingerprint density at radius 3 is 2.62 bits per heavy atom. The summed E-state index contributed by atoms with van der Waals surface area (Å²) in [4.78, 5) is 11.7. The van der Waals surface area contributed by atoms with Crippen LogP contribution in [0, 0.1) is 5.92 Å². The molecule has 24 heavy (non-hydrogen) atoms. The molecule has 0 N–H and O–H groups in total. The summed E-state index contributed by atoms with van der Waals surface area (Å²) in [5.74, 6) is 2.97. The lowest BCUT2D eigenvalue weighted by atomic mass is 10.0. The zero-order valence-electron chi connectivity index (χ0n) is 13.9. The van der Waals surface area contributed by atoms with Gasteiger partial charge in [-0.3, -0.25) is 4.79 Å². The van der Waals surface area contributed by atoms with Crippen molar-refractivity contribution in [1.29, 1.82) is 0 Å². The summed E-state index contributed by atoms with van der Waals surface area (Å²) in [5.41, 5.74) is 0. The van der Waals surface area contributed by atoms with E-state index in [1.807, 2.05) is 28.8 Å². The highest BCUT2D eigenvalue weighted by atomic mass is 16.5. The van der Waals surface area contributed by atoms with Crippen LogP contribution in [-0.4, -0.2) is 35.0 Å². The number of carbonyl (C=O) groups is 1. The summed E-state index contributed by atoms with van der Waals surface area (Å²) in [5, 5.41) is 8.46. The number of methoxy groups -OCH3 is 2. The van der Waals surface area contributed by atoms with Crippen molar-refractivity contribution in [3.8, 4) is 11.5 Å². The average molecular weight is 331 g/mol. The number of carbonyl (C=O) groups excluding carboxylic acids is 1. The van der Waals surface area contributed by atoms with Gasteiger partial charge in [-0.1, -0.05) is 0 Å². The van der Waals surface area contributed by atoms with Gasteiger partial charge in [0, 0.05) is 13.0 Å². The first kappa shape index (κ1) is 16.3. The third kappa shape index (κ3) is 3.50. The highest BCUT2D eigenvalue weighted by Gasteiger charge is 2.25.